The van der Waals surface area contributed by atoms with Crippen molar-refractivity contribution in [3.05, 3.63) is 29.8 Å². The third-order valence-electron chi connectivity index (χ3n) is 5.46. The minimum Gasteiger partial charge on any atom is -0.497 e. The lowest BCUT2D eigenvalue weighted by Gasteiger charge is -2.32. The van der Waals surface area contributed by atoms with Crippen molar-refractivity contribution in [1.29, 1.82) is 0 Å². The van der Waals surface area contributed by atoms with Crippen LogP contribution < -0.4 is 10.1 Å². The van der Waals surface area contributed by atoms with Crippen LogP contribution in [0.25, 0.3) is 0 Å². The second-order valence-electron chi connectivity index (χ2n) is 7.29. The molecular weight excluding hydrogens is 316 g/mol. The van der Waals surface area contributed by atoms with Crippen LogP contribution in [-0.4, -0.2) is 42.5 Å². The molecule has 1 aromatic rings. The van der Waals surface area contributed by atoms with Crippen LogP contribution in [0.1, 0.15) is 50.5 Å². The van der Waals surface area contributed by atoms with Crippen molar-refractivity contribution in [2.45, 2.75) is 56.9 Å². The second-order valence-corrected chi connectivity index (χ2v) is 7.29. The lowest BCUT2D eigenvalue weighted by Crippen LogP contribution is -2.45. The normalized spacial score (nSPS) is 23.4. The number of methoxy groups -OCH3 is 1. The highest BCUT2D eigenvalue weighted by Gasteiger charge is 2.38. The van der Waals surface area contributed by atoms with E-state index < -0.39 is 0 Å². The van der Waals surface area contributed by atoms with E-state index >= 15 is 0 Å². The van der Waals surface area contributed by atoms with Gasteiger partial charge in [0.05, 0.1) is 7.11 Å². The molecule has 25 heavy (non-hydrogen) atoms. The number of carbonyl (C=O) groups excluding carboxylic acids is 2. The zero-order valence-corrected chi connectivity index (χ0v) is 15.1. The van der Waals surface area contributed by atoms with Gasteiger partial charge in [-0.2, -0.15) is 0 Å². The van der Waals surface area contributed by atoms with Crippen molar-refractivity contribution < 1.29 is 14.3 Å². The molecule has 2 saturated heterocycles. The van der Waals surface area contributed by atoms with Crippen molar-refractivity contribution in [3.63, 3.8) is 0 Å². The van der Waals surface area contributed by atoms with Gasteiger partial charge in [-0.25, -0.2) is 0 Å². The summed E-state index contributed by atoms with van der Waals surface area (Å²) in [5.41, 5.74) is 0.866. The van der Waals surface area contributed by atoms with E-state index in [2.05, 4.69) is 5.32 Å². The molecule has 2 aliphatic heterocycles. The Labute approximate surface area is 149 Å². The number of likely N-dealkylation sites (tertiary alicyclic amines) is 1. The Hall–Kier alpha value is -2.04. The molecule has 5 heteroatoms. The zero-order valence-electron chi connectivity index (χ0n) is 15.1. The standard InChI is InChI=1S/C20H28N2O3/c1-25-17-7-5-16(6-8-17)15-20(11-9-18(23)21-20)12-10-19(24)22-13-3-2-4-14-22/h5-8H,2-4,9-15H2,1H3,(H,21,23)/t20-/m0/s1. The van der Waals surface area contributed by atoms with Crippen molar-refractivity contribution in [3.8, 4) is 5.75 Å². The van der Waals surface area contributed by atoms with Crippen molar-refractivity contribution in [2.24, 2.45) is 0 Å². The Balaban J connectivity index is 1.63. The maximum Gasteiger partial charge on any atom is 0.222 e. The molecule has 1 N–H and O–H groups in total. The van der Waals surface area contributed by atoms with E-state index in [0.717, 1.165) is 50.1 Å². The van der Waals surface area contributed by atoms with E-state index in [4.69, 9.17) is 4.74 Å². The molecule has 1 atom stereocenters. The minimum absolute atomic E-state index is 0.0962. The number of nitrogens with zero attached hydrogens (tertiary/aromatic N) is 1. The minimum atomic E-state index is -0.295. The molecular formula is C20H28N2O3. The summed E-state index contributed by atoms with van der Waals surface area (Å²) < 4.78 is 5.21. The Morgan fingerprint density at radius 2 is 1.92 bits per heavy atom. The van der Waals surface area contributed by atoms with Crippen LogP contribution in [0.2, 0.25) is 0 Å². The van der Waals surface area contributed by atoms with E-state index in [0.29, 0.717) is 19.3 Å². The van der Waals surface area contributed by atoms with Crippen LogP contribution in [0.5, 0.6) is 5.75 Å². The zero-order chi connectivity index (χ0) is 17.7. The number of hydrogen-bond donors (Lipinski definition) is 1. The average molecular weight is 344 g/mol. The van der Waals surface area contributed by atoms with Gasteiger partial charge in [0.25, 0.3) is 0 Å². The molecule has 0 radical (unpaired) electrons. The molecule has 0 aromatic heterocycles. The number of rotatable bonds is 6. The van der Waals surface area contributed by atoms with E-state index in [-0.39, 0.29) is 17.4 Å². The summed E-state index contributed by atoms with van der Waals surface area (Å²) in [4.78, 5) is 26.4. The first-order valence-electron chi connectivity index (χ1n) is 9.32. The van der Waals surface area contributed by atoms with Crippen LogP contribution in [-0.2, 0) is 16.0 Å². The smallest absolute Gasteiger partial charge is 0.222 e. The molecule has 0 bridgehead atoms. The van der Waals surface area contributed by atoms with Gasteiger partial charge in [-0.15, -0.1) is 0 Å². The summed E-state index contributed by atoms with van der Waals surface area (Å²) >= 11 is 0. The van der Waals surface area contributed by atoms with Gasteiger partial charge in [-0.3, -0.25) is 9.59 Å². The number of benzene rings is 1. The maximum atomic E-state index is 12.5. The van der Waals surface area contributed by atoms with Gasteiger partial charge in [0.2, 0.25) is 11.8 Å². The molecule has 0 aliphatic carbocycles. The van der Waals surface area contributed by atoms with Crippen LogP contribution in [0.4, 0.5) is 0 Å². The largest absolute Gasteiger partial charge is 0.497 e. The molecule has 2 amide bonds. The van der Waals surface area contributed by atoms with Gasteiger partial charge in [-0.05, 0) is 56.2 Å². The van der Waals surface area contributed by atoms with Gasteiger partial charge in [0, 0.05) is 31.5 Å². The molecule has 0 saturated carbocycles. The van der Waals surface area contributed by atoms with E-state index in [1.54, 1.807) is 7.11 Å². The fraction of sp³-hybridized carbons (Fsp3) is 0.600. The predicted molar refractivity (Wildman–Crippen MR) is 96.5 cm³/mol. The fourth-order valence-electron chi connectivity index (χ4n) is 3.96. The Bertz CT molecular complexity index is 608. The third kappa shape index (κ3) is 4.53. The molecule has 2 fully saturated rings. The number of carbonyl (C=O) groups is 2. The number of hydrogen-bond acceptors (Lipinski definition) is 3. The van der Waals surface area contributed by atoms with Gasteiger partial charge in [0.15, 0.2) is 0 Å². The summed E-state index contributed by atoms with van der Waals surface area (Å²) in [6.45, 7) is 1.77. The Kier molecular flexibility index (Phi) is 5.61. The topological polar surface area (TPSA) is 58.6 Å². The first-order chi connectivity index (χ1) is 12.1. The number of piperidine rings is 1. The van der Waals surface area contributed by atoms with Gasteiger partial charge in [0.1, 0.15) is 5.75 Å². The molecule has 3 rings (SSSR count). The number of nitrogens with one attached hydrogen (secondary N) is 1. The Morgan fingerprint density at radius 3 is 2.52 bits per heavy atom. The van der Waals surface area contributed by atoms with Gasteiger partial charge < -0.3 is 15.0 Å². The summed E-state index contributed by atoms with van der Waals surface area (Å²) in [6.07, 6.45) is 6.77. The first kappa shape index (κ1) is 17.8. The summed E-state index contributed by atoms with van der Waals surface area (Å²) in [5.74, 6) is 1.16. The van der Waals surface area contributed by atoms with E-state index in [9.17, 15) is 9.59 Å². The molecule has 2 aliphatic rings. The monoisotopic (exact) mass is 344 g/mol. The van der Waals surface area contributed by atoms with Crippen LogP contribution in [0.3, 0.4) is 0 Å². The quantitative estimate of drug-likeness (QED) is 0.863. The van der Waals surface area contributed by atoms with E-state index in [1.807, 2.05) is 29.2 Å². The molecule has 0 unspecified atom stereocenters. The van der Waals surface area contributed by atoms with Crippen molar-refractivity contribution in [2.75, 3.05) is 20.2 Å². The summed E-state index contributed by atoms with van der Waals surface area (Å²) in [7, 11) is 1.65. The SMILES string of the molecule is COc1ccc(C[C@@]2(CCC(=O)N3CCCCC3)CCC(=O)N2)cc1. The predicted octanol–water partition coefficient (Wildman–Crippen LogP) is 2.68. The molecule has 136 valence electrons. The molecule has 2 heterocycles. The highest BCUT2D eigenvalue weighted by atomic mass is 16.5. The number of amides is 2. The lowest BCUT2D eigenvalue weighted by molar-refractivity contribution is -0.132. The lowest BCUT2D eigenvalue weighted by atomic mass is 9.84. The second kappa shape index (κ2) is 7.89. The average Bonchev–Trinajstić information content (AvgIpc) is 3.02. The fourth-order valence-corrected chi connectivity index (χ4v) is 3.96. The van der Waals surface area contributed by atoms with Gasteiger partial charge >= 0.3 is 0 Å². The molecule has 1 aromatic carbocycles. The highest BCUT2D eigenvalue weighted by Crippen LogP contribution is 2.30. The third-order valence-corrected chi connectivity index (χ3v) is 5.46. The first-order valence-corrected chi connectivity index (χ1v) is 9.32. The number of ether oxygens (including phenoxy) is 1. The Morgan fingerprint density at radius 1 is 1.20 bits per heavy atom. The summed E-state index contributed by atoms with van der Waals surface area (Å²) in [5, 5.41) is 3.16. The van der Waals surface area contributed by atoms with Crippen LogP contribution in [0, 0.1) is 0 Å². The van der Waals surface area contributed by atoms with E-state index in [1.165, 1.54) is 6.42 Å². The maximum absolute atomic E-state index is 12.5. The van der Waals surface area contributed by atoms with Gasteiger partial charge in [-0.1, -0.05) is 12.1 Å². The molecule has 0 spiro atoms. The van der Waals surface area contributed by atoms with Crippen LogP contribution in [0.15, 0.2) is 24.3 Å². The van der Waals surface area contributed by atoms with Crippen molar-refractivity contribution in [1.82, 2.24) is 10.2 Å². The molecule has 5 nitrogen and oxygen atoms in total. The summed E-state index contributed by atoms with van der Waals surface area (Å²) in [6, 6.07) is 7.96. The van der Waals surface area contributed by atoms with Crippen LogP contribution >= 0.6 is 0 Å². The van der Waals surface area contributed by atoms with Crippen molar-refractivity contribution >= 4 is 11.8 Å². The highest BCUT2D eigenvalue weighted by molar-refractivity contribution is 5.80.